The summed E-state index contributed by atoms with van der Waals surface area (Å²) in [5, 5.41) is 11.3. The van der Waals surface area contributed by atoms with Gasteiger partial charge in [-0.25, -0.2) is 18.3 Å². The van der Waals surface area contributed by atoms with Gasteiger partial charge in [-0.2, -0.15) is 0 Å². The molecule has 12 aromatic rings. The van der Waals surface area contributed by atoms with Crippen LogP contribution in [0.1, 0.15) is 0 Å². The number of imidazole rings is 2. The van der Waals surface area contributed by atoms with E-state index in [1.165, 1.54) is 64.5 Å². The van der Waals surface area contributed by atoms with Gasteiger partial charge in [0.15, 0.2) is 22.1 Å². The zero-order valence-electron chi connectivity index (χ0n) is 46.7. The number of benzene rings is 10. The Hall–Kier alpha value is -7.12. The maximum atomic E-state index is 9.87. The van der Waals surface area contributed by atoms with Crippen LogP contribution < -0.4 is 51.6 Å². The van der Waals surface area contributed by atoms with E-state index >= 15 is 0 Å². The second kappa shape index (κ2) is 26.5. The van der Waals surface area contributed by atoms with Crippen LogP contribution in [-0.2, 0) is 25.1 Å². The van der Waals surface area contributed by atoms with E-state index in [1.807, 2.05) is 0 Å². The van der Waals surface area contributed by atoms with Gasteiger partial charge in [0.1, 0.15) is 25.1 Å². The zero-order valence-corrected chi connectivity index (χ0v) is 52.1. The van der Waals surface area contributed by atoms with Crippen molar-refractivity contribution in [2.24, 2.45) is 0 Å². The van der Waals surface area contributed by atoms with Crippen molar-refractivity contribution in [3.05, 3.63) is 304 Å². The van der Waals surface area contributed by atoms with Crippen LogP contribution in [0.4, 0.5) is 50.4 Å². The van der Waals surface area contributed by atoms with Gasteiger partial charge in [-0.05, 0) is 66.7 Å². The molecule has 22 heteroatoms. The van der Waals surface area contributed by atoms with E-state index in [2.05, 4.69) is 322 Å². The number of halogens is 12. The minimum atomic E-state index is -10.7. The van der Waals surface area contributed by atoms with Crippen molar-refractivity contribution < 1.29 is 59.5 Å². The first-order valence-electron chi connectivity index (χ1n) is 27.2. The average molecular weight is 1320 g/mol. The van der Waals surface area contributed by atoms with E-state index in [-0.39, 0.29) is 0 Å². The molecule has 0 fully saturated rings. The van der Waals surface area contributed by atoms with Crippen molar-refractivity contribution in [2.75, 3.05) is 0 Å². The van der Waals surface area contributed by atoms with Crippen molar-refractivity contribution in [2.45, 2.75) is 25.1 Å². The molecule has 4 nitrogen and oxygen atoms in total. The third-order valence-electron chi connectivity index (χ3n) is 13.3. The molecule has 0 aliphatic rings. The maximum Gasteiger partial charge on any atom is 0.245 e. The molecule has 88 heavy (non-hydrogen) atoms. The first-order chi connectivity index (χ1) is 41.6. The molecule has 10 aromatic carbocycles. The van der Waals surface area contributed by atoms with Crippen molar-refractivity contribution >= 4 is 112 Å². The Morgan fingerprint density at radius 1 is 0.239 bits per heavy atom. The number of fused-ring (bicyclic) bond motifs is 2. The summed E-state index contributed by atoms with van der Waals surface area (Å²) in [6, 6.07) is 106. The third-order valence-corrected chi connectivity index (χ3v) is 23.0. The van der Waals surface area contributed by atoms with Gasteiger partial charge in [0.25, 0.3) is 0 Å². The Morgan fingerprint density at radius 2 is 0.409 bits per heavy atom. The molecule has 0 bridgehead atoms. The van der Waals surface area contributed by atoms with Gasteiger partial charge in [0.2, 0.25) is 12.7 Å². The second-order valence-corrected chi connectivity index (χ2v) is 32.5. The molecule has 2 aromatic heterocycles. The predicted octanol–water partition coefficient (Wildman–Crippen LogP) is 19.0. The summed E-state index contributed by atoms with van der Waals surface area (Å²) in [6.07, 6.45) is 8.51. The van der Waals surface area contributed by atoms with Crippen molar-refractivity contribution in [1.82, 2.24) is 9.13 Å². The van der Waals surface area contributed by atoms with E-state index in [0.29, 0.717) is 0 Å². The normalized spacial score (nSPS) is 13.3. The SMILES string of the molecule is F[P-](F)(F)(F)(F)F.F[P-](F)(F)(F)(F)F.c1ccc(P(Cn2c[n+](CP(c3ccccc3)c3ccccc3)c3ccccc32)c2ccccc2)cc1.c1ccc(P(Cn2c[n+](CP(c3ccccc3)c3ccccc3)c3ccccc32)c2ccccc2)cc1. The number of hydrogen-bond acceptors (Lipinski definition) is 0. The molecule has 0 amide bonds. The molecular formula is C66H58F12N4P6. The molecule has 12 rings (SSSR count). The molecule has 456 valence electrons. The fraction of sp³-hybridized carbons (Fsp3) is 0.0606. The summed E-state index contributed by atoms with van der Waals surface area (Å²) in [4.78, 5) is 0. The Bertz CT molecular complexity index is 3460. The third kappa shape index (κ3) is 21.0. The monoisotopic (exact) mass is 1320 g/mol. The molecule has 0 unspecified atom stereocenters. The number of rotatable bonds is 16. The van der Waals surface area contributed by atoms with Crippen LogP contribution >= 0.6 is 47.3 Å². The molecule has 0 N–H and O–H groups in total. The van der Waals surface area contributed by atoms with Gasteiger partial charge in [-0.3, -0.25) is 0 Å². The topological polar surface area (TPSA) is 17.6 Å². The molecule has 0 atom stereocenters. The largest absolute Gasteiger partial charge is 0.245 e. The van der Waals surface area contributed by atoms with Crippen LogP contribution in [0.5, 0.6) is 0 Å². The zero-order chi connectivity index (χ0) is 62.5. The van der Waals surface area contributed by atoms with E-state index in [0.717, 1.165) is 25.1 Å². The first kappa shape index (κ1) is 65.3. The van der Waals surface area contributed by atoms with Gasteiger partial charge in [0.05, 0.1) is 0 Å². The van der Waals surface area contributed by atoms with Gasteiger partial charge < -0.3 is 0 Å². The Labute approximate surface area is 506 Å². The molecule has 0 saturated heterocycles. The van der Waals surface area contributed by atoms with Crippen LogP contribution in [0, 0.1) is 0 Å². The van der Waals surface area contributed by atoms with Crippen LogP contribution in [0.2, 0.25) is 0 Å². The van der Waals surface area contributed by atoms with Crippen molar-refractivity contribution in [3.8, 4) is 0 Å². The maximum absolute atomic E-state index is 10.7. The molecule has 0 radical (unpaired) electrons. The number of nitrogens with zero attached hydrogens (tertiary/aromatic N) is 4. The van der Waals surface area contributed by atoms with Gasteiger partial charge >= 0.3 is 66.0 Å². The van der Waals surface area contributed by atoms with Gasteiger partial charge in [-0.1, -0.05) is 267 Å². The molecule has 0 aliphatic carbocycles. The molecule has 0 aliphatic heterocycles. The number of para-hydroxylation sites is 4. The van der Waals surface area contributed by atoms with E-state index in [1.54, 1.807) is 0 Å². The fourth-order valence-electron chi connectivity index (χ4n) is 9.66. The summed E-state index contributed by atoms with van der Waals surface area (Å²) in [6.45, 7) is 0. The fourth-order valence-corrected chi connectivity index (χ4v) is 18.5. The summed E-state index contributed by atoms with van der Waals surface area (Å²) < 4.78 is 128. The standard InChI is InChI=1S/2C33H29N2P2.2F6P/c2*1-5-15-28(16-6-1)36(29-17-7-2-8-18-29)26-34-25-35(33-24-14-13-23-32(33)34)27-37(30-19-9-3-10-20-30)31-21-11-4-12-22-31;2*1-7(2,3,4,5)6/h2*1-25H,26-27H2;;/q2*+1;2*-1. The molecule has 2 heterocycles. The first-order valence-corrected chi connectivity index (χ1v) is 37.4. The summed E-state index contributed by atoms with van der Waals surface area (Å²) in [7, 11) is -23.5. The number of aromatic nitrogens is 4. The summed E-state index contributed by atoms with van der Waals surface area (Å²) in [5.74, 6) is 0. The van der Waals surface area contributed by atoms with Crippen LogP contribution in [0.3, 0.4) is 0 Å². The number of hydrogen-bond donors (Lipinski definition) is 0. The van der Waals surface area contributed by atoms with Crippen LogP contribution in [0.15, 0.2) is 304 Å². The summed E-state index contributed by atoms with van der Waals surface area (Å²) >= 11 is 0. The molecule has 0 saturated carbocycles. The van der Waals surface area contributed by atoms with Crippen molar-refractivity contribution in [3.63, 3.8) is 0 Å². The quantitative estimate of drug-likeness (QED) is 0.0521. The van der Waals surface area contributed by atoms with E-state index in [4.69, 9.17) is 0 Å². The minimum absolute atomic E-state index is 0.540. The predicted molar refractivity (Wildman–Crippen MR) is 348 cm³/mol. The smallest absolute Gasteiger partial charge is 0.225 e. The average Bonchev–Trinajstić information content (AvgIpc) is 1.96. The van der Waals surface area contributed by atoms with Gasteiger partial charge in [-0.15, -0.1) is 0 Å². The minimum Gasteiger partial charge on any atom is -0.225 e. The Balaban J connectivity index is 0.000000172. The van der Waals surface area contributed by atoms with Crippen LogP contribution in [0.25, 0.3) is 22.1 Å². The second-order valence-electron chi connectivity index (χ2n) is 20.0. The van der Waals surface area contributed by atoms with Gasteiger partial charge in [0, 0.05) is 31.7 Å². The van der Waals surface area contributed by atoms with Crippen molar-refractivity contribution in [1.29, 1.82) is 0 Å². The summed E-state index contributed by atoms with van der Waals surface area (Å²) in [5.41, 5.74) is 5.16. The Kier molecular flexibility index (Phi) is 19.7. The van der Waals surface area contributed by atoms with E-state index < -0.39 is 47.3 Å². The molecule has 0 spiro atoms. The van der Waals surface area contributed by atoms with Crippen LogP contribution in [-0.4, -0.2) is 9.13 Å². The Morgan fingerprint density at radius 3 is 0.614 bits per heavy atom. The molecular weight excluding hydrogens is 1260 g/mol. The van der Waals surface area contributed by atoms with E-state index in [9.17, 15) is 50.4 Å².